The second kappa shape index (κ2) is 6.44. The largest absolute Gasteiger partial charge is 0.365 e. The Morgan fingerprint density at radius 1 is 1.33 bits per heavy atom. The van der Waals surface area contributed by atoms with Crippen molar-refractivity contribution in [3.63, 3.8) is 0 Å². The third kappa shape index (κ3) is 2.99. The summed E-state index contributed by atoms with van der Waals surface area (Å²) in [5, 5.41) is 4.52. The third-order valence-corrected chi connectivity index (χ3v) is 4.09. The van der Waals surface area contributed by atoms with Gasteiger partial charge in [0.05, 0.1) is 10.7 Å². The van der Waals surface area contributed by atoms with Crippen LogP contribution in [0.3, 0.4) is 0 Å². The quantitative estimate of drug-likeness (QED) is 0.894. The van der Waals surface area contributed by atoms with Gasteiger partial charge in [-0.25, -0.2) is 0 Å². The Balaban J connectivity index is 2.18. The van der Waals surface area contributed by atoms with E-state index in [0.717, 1.165) is 24.5 Å². The number of hydrogen-bond donors (Lipinski definition) is 1. The van der Waals surface area contributed by atoms with Crippen LogP contribution < -0.4 is 10.2 Å². The Morgan fingerprint density at radius 2 is 2.11 bits per heavy atom. The van der Waals surface area contributed by atoms with E-state index in [-0.39, 0.29) is 0 Å². The van der Waals surface area contributed by atoms with E-state index in [4.69, 9.17) is 11.6 Å². The standard InChI is InChI=1S/C15H23ClN2/c1-3-7-12-11-18(13(4-2)10-17-12)15-9-6-5-8-14(15)16/h5-6,8-9,12-13,17H,3-4,7,10-11H2,1-2H3. The number of benzene rings is 1. The zero-order valence-corrected chi connectivity index (χ0v) is 12.1. The fourth-order valence-corrected chi connectivity index (χ4v) is 2.99. The number of halogens is 1. The van der Waals surface area contributed by atoms with Gasteiger partial charge in [0.25, 0.3) is 0 Å². The van der Waals surface area contributed by atoms with Crippen LogP contribution in [0, 0.1) is 0 Å². The van der Waals surface area contributed by atoms with Gasteiger partial charge in [0.15, 0.2) is 0 Å². The summed E-state index contributed by atoms with van der Waals surface area (Å²) < 4.78 is 0. The molecule has 1 aliphatic rings. The molecule has 1 aromatic rings. The van der Waals surface area contributed by atoms with Crippen LogP contribution in [0.1, 0.15) is 33.1 Å². The fraction of sp³-hybridized carbons (Fsp3) is 0.600. The molecule has 2 unspecified atom stereocenters. The lowest BCUT2D eigenvalue weighted by Gasteiger charge is -2.42. The van der Waals surface area contributed by atoms with Gasteiger partial charge in [-0.3, -0.25) is 0 Å². The monoisotopic (exact) mass is 266 g/mol. The molecule has 18 heavy (non-hydrogen) atoms. The zero-order chi connectivity index (χ0) is 13.0. The summed E-state index contributed by atoms with van der Waals surface area (Å²) >= 11 is 6.34. The second-order valence-electron chi connectivity index (χ2n) is 5.06. The third-order valence-electron chi connectivity index (χ3n) is 3.77. The molecule has 1 saturated heterocycles. The summed E-state index contributed by atoms with van der Waals surface area (Å²) in [5.41, 5.74) is 1.19. The van der Waals surface area contributed by atoms with Crippen LogP contribution >= 0.6 is 11.6 Å². The fourth-order valence-electron chi connectivity index (χ4n) is 2.75. The molecule has 0 amide bonds. The molecular weight excluding hydrogens is 244 g/mol. The SMILES string of the molecule is CCCC1CN(c2ccccc2Cl)C(CC)CN1. The molecule has 100 valence electrons. The zero-order valence-electron chi connectivity index (χ0n) is 11.3. The molecule has 0 saturated carbocycles. The minimum absolute atomic E-state index is 0.554. The lowest BCUT2D eigenvalue weighted by Crippen LogP contribution is -2.56. The molecule has 0 aliphatic carbocycles. The molecule has 0 radical (unpaired) electrons. The highest BCUT2D eigenvalue weighted by atomic mass is 35.5. The van der Waals surface area contributed by atoms with Crippen LogP contribution in [-0.2, 0) is 0 Å². The summed E-state index contributed by atoms with van der Waals surface area (Å²) in [4.78, 5) is 2.49. The minimum atomic E-state index is 0.554. The number of rotatable bonds is 4. The summed E-state index contributed by atoms with van der Waals surface area (Å²) in [5.74, 6) is 0. The van der Waals surface area contributed by atoms with Crippen molar-refractivity contribution in [2.75, 3.05) is 18.0 Å². The molecule has 0 aromatic heterocycles. The second-order valence-corrected chi connectivity index (χ2v) is 5.47. The van der Waals surface area contributed by atoms with Crippen LogP contribution in [0.4, 0.5) is 5.69 Å². The Kier molecular flexibility index (Phi) is 4.90. The van der Waals surface area contributed by atoms with Gasteiger partial charge in [0, 0.05) is 25.2 Å². The van der Waals surface area contributed by atoms with E-state index in [2.05, 4.69) is 36.2 Å². The van der Waals surface area contributed by atoms with Crippen molar-refractivity contribution in [2.45, 2.75) is 45.2 Å². The lowest BCUT2D eigenvalue weighted by molar-refractivity contribution is 0.369. The van der Waals surface area contributed by atoms with Gasteiger partial charge < -0.3 is 10.2 Å². The van der Waals surface area contributed by atoms with E-state index in [9.17, 15) is 0 Å². The Bertz CT molecular complexity index is 381. The maximum absolute atomic E-state index is 6.34. The van der Waals surface area contributed by atoms with Gasteiger partial charge in [0.1, 0.15) is 0 Å². The smallest absolute Gasteiger partial charge is 0.0639 e. The van der Waals surface area contributed by atoms with Crippen LogP contribution in [0.25, 0.3) is 0 Å². The predicted molar refractivity (Wildman–Crippen MR) is 79.6 cm³/mol. The van der Waals surface area contributed by atoms with Crippen molar-refractivity contribution >= 4 is 17.3 Å². The first kappa shape index (κ1) is 13.7. The van der Waals surface area contributed by atoms with E-state index >= 15 is 0 Å². The molecule has 1 aliphatic heterocycles. The first-order valence-electron chi connectivity index (χ1n) is 7.00. The first-order valence-corrected chi connectivity index (χ1v) is 7.38. The van der Waals surface area contributed by atoms with Crippen molar-refractivity contribution in [2.24, 2.45) is 0 Å². The molecule has 1 heterocycles. The number of hydrogen-bond acceptors (Lipinski definition) is 2. The van der Waals surface area contributed by atoms with Gasteiger partial charge in [-0.1, -0.05) is 44.0 Å². The number of anilines is 1. The number of nitrogens with one attached hydrogen (secondary N) is 1. The maximum Gasteiger partial charge on any atom is 0.0639 e. The summed E-state index contributed by atoms with van der Waals surface area (Å²) in [6.45, 7) is 6.62. The molecule has 2 atom stereocenters. The van der Waals surface area contributed by atoms with Gasteiger partial charge >= 0.3 is 0 Å². The van der Waals surface area contributed by atoms with Crippen molar-refractivity contribution in [3.8, 4) is 0 Å². The Morgan fingerprint density at radius 3 is 2.78 bits per heavy atom. The van der Waals surface area contributed by atoms with Crippen molar-refractivity contribution in [1.29, 1.82) is 0 Å². The molecule has 0 bridgehead atoms. The number of nitrogens with zero attached hydrogens (tertiary/aromatic N) is 1. The number of para-hydroxylation sites is 1. The van der Waals surface area contributed by atoms with E-state index in [1.54, 1.807) is 0 Å². The van der Waals surface area contributed by atoms with Gasteiger partial charge in [-0.15, -0.1) is 0 Å². The highest BCUT2D eigenvalue weighted by Gasteiger charge is 2.27. The summed E-state index contributed by atoms with van der Waals surface area (Å²) in [6.07, 6.45) is 3.61. The molecule has 2 nitrogen and oxygen atoms in total. The Hall–Kier alpha value is -0.730. The van der Waals surface area contributed by atoms with Gasteiger partial charge in [0.2, 0.25) is 0 Å². The highest BCUT2D eigenvalue weighted by Crippen LogP contribution is 2.29. The average molecular weight is 267 g/mol. The number of piperazine rings is 1. The molecule has 1 aromatic carbocycles. The van der Waals surface area contributed by atoms with Crippen LogP contribution in [0.15, 0.2) is 24.3 Å². The van der Waals surface area contributed by atoms with Crippen LogP contribution in [0.2, 0.25) is 5.02 Å². The van der Waals surface area contributed by atoms with E-state index in [1.165, 1.54) is 18.5 Å². The lowest BCUT2D eigenvalue weighted by atomic mass is 10.0. The van der Waals surface area contributed by atoms with Crippen LogP contribution in [0.5, 0.6) is 0 Å². The van der Waals surface area contributed by atoms with Crippen molar-refractivity contribution in [1.82, 2.24) is 5.32 Å². The normalized spacial score (nSPS) is 24.3. The molecule has 2 rings (SSSR count). The highest BCUT2D eigenvalue weighted by molar-refractivity contribution is 6.33. The van der Waals surface area contributed by atoms with Crippen LogP contribution in [-0.4, -0.2) is 25.2 Å². The molecule has 1 fully saturated rings. The molecule has 1 N–H and O–H groups in total. The Labute approximate surface area is 115 Å². The molecular formula is C15H23ClN2. The van der Waals surface area contributed by atoms with Crippen molar-refractivity contribution in [3.05, 3.63) is 29.3 Å². The molecule has 3 heteroatoms. The summed E-state index contributed by atoms with van der Waals surface area (Å²) in [7, 11) is 0. The van der Waals surface area contributed by atoms with E-state index in [1.807, 2.05) is 12.1 Å². The van der Waals surface area contributed by atoms with E-state index < -0.39 is 0 Å². The average Bonchev–Trinajstić information content (AvgIpc) is 2.40. The first-order chi connectivity index (χ1) is 8.76. The predicted octanol–water partition coefficient (Wildman–Crippen LogP) is 3.70. The van der Waals surface area contributed by atoms with Gasteiger partial charge in [-0.2, -0.15) is 0 Å². The minimum Gasteiger partial charge on any atom is -0.365 e. The molecule has 0 spiro atoms. The van der Waals surface area contributed by atoms with Gasteiger partial charge in [-0.05, 0) is 25.0 Å². The topological polar surface area (TPSA) is 15.3 Å². The summed E-state index contributed by atoms with van der Waals surface area (Å²) in [6, 6.07) is 9.34. The maximum atomic E-state index is 6.34. The van der Waals surface area contributed by atoms with E-state index in [0.29, 0.717) is 12.1 Å². The van der Waals surface area contributed by atoms with Crippen molar-refractivity contribution < 1.29 is 0 Å².